The standard InChI is InChI=1S/C19H17ClF2N4O3S/c1-2-30(27,28)26-12-5-3-4-11(8-12)16-9-24-18(23)19(25-16)29-10-13-14(21)6-7-15(22)17(13)20/h3-9,26H,2,10H2,1H3,(H2,23,24). The maximum absolute atomic E-state index is 13.9. The molecule has 0 aliphatic heterocycles. The van der Waals surface area contributed by atoms with Crippen molar-refractivity contribution in [3.63, 3.8) is 0 Å². The number of nitrogen functional groups attached to an aromatic ring is 1. The van der Waals surface area contributed by atoms with E-state index < -0.39 is 33.3 Å². The molecule has 3 rings (SSSR count). The number of rotatable bonds is 7. The molecule has 0 saturated carbocycles. The van der Waals surface area contributed by atoms with Crippen molar-refractivity contribution in [1.29, 1.82) is 0 Å². The van der Waals surface area contributed by atoms with Gasteiger partial charge < -0.3 is 10.5 Å². The molecule has 3 N–H and O–H groups in total. The number of hydrogen-bond donors (Lipinski definition) is 2. The number of sulfonamides is 1. The number of halogens is 3. The average Bonchev–Trinajstić information content (AvgIpc) is 2.72. The zero-order valence-electron chi connectivity index (χ0n) is 15.7. The first kappa shape index (κ1) is 21.7. The second-order valence-electron chi connectivity index (χ2n) is 6.14. The Hall–Kier alpha value is -2.98. The number of ether oxygens (including phenoxy) is 1. The molecule has 158 valence electrons. The minimum Gasteiger partial charge on any atom is -0.470 e. The molecule has 0 atom stereocenters. The highest BCUT2D eigenvalue weighted by atomic mass is 35.5. The Morgan fingerprint density at radius 2 is 1.93 bits per heavy atom. The topological polar surface area (TPSA) is 107 Å². The lowest BCUT2D eigenvalue weighted by atomic mass is 10.1. The van der Waals surface area contributed by atoms with Crippen LogP contribution in [0.5, 0.6) is 5.88 Å². The molecule has 0 unspecified atom stereocenters. The summed E-state index contributed by atoms with van der Waals surface area (Å²) in [6.07, 6.45) is 1.38. The second kappa shape index (κ2) is 8.80. The zero-order chi connectivity index (χ0) is 21.9. The predicted molar refractivity (Wildman–Crippen MR) is 111 cm³/mol. The molecule has 1 aromatic heterocycles. The van der Waals surface area contributed by atoms with E-state index in [0.29, 0.717) is 16.9 Å². The van der Waals surface area contributed by atoms with Gasteiger partial charge in [-0.15, -0.1) is 0 Å². The molecule has 0 aliphatic rings. The van der Waals surface area contributed by atoms with Crippen molar-refractivity contribution in [2.75, 3.05) is 16.2 Å². The maximum Gasteiger partial charge on any atom is 0.258 e. The summed E-state index contributed by atoms with van der Waals surface area (Å²) in [7, 11) is -3.45. The highest BCUT2D eigenvalue weighted by Gasteiger charge is 2.15. The molecule has 0 radical (unpaired) electrons. The number of anilines is 2. The first-order valence-corrected chi connectivity index (χ1v) is 10.7. The van der Waals surface area contributed by atoms with Gasteiger partial charge in [-0.2, -0.15) is 0 Å². The second-order valence-corrected chi connectivity index (χ2v) is 8.53. The maximum atomic E-state index is 13.9. The smallest absolute Gasteiger partial charge is 0.258 e. The third-order valence-electron chi connectivity index (χ3n) is 4.07. The van der Waals surface area contributed by atoms with E-state index in [0.717, 1.165) is 12.1 Å². The molecular formula is C19H17ClF2N4O3S. The van der Waals surface area contributed by atoms with Crippen molar-refractivity contribution >= 4 is 33.1 Å². The molecule has 30 heavy (non-hydrogen) atoms. The van der Waals surface area contributed by atoms with Gasteiger partial charge in [0.15, 0.2) is 5.82 Å². The molecule has 0 spiro atoms. The van der Waals surface area contributed by atoms with E-state index in [1.807, 2.05) is 0 Å². The van der Waals surface area contributed by atoms with Crippen LogP contribution in [-0.2, 0) is 16.6 Å². The van der Waals surface area contributed by atoms with Gasteiger partial charge in [0.05, 0.1) is 22.7 Å². The largest absolute Gasteiger partial charge is 0.470 e. The van der Waals surface area contributed by atoms with Gasteiger partial charge in [-0.3, -0.25) is 4.72 Å². The van der Waals surface area contributed by atoms with Crippen molar-refractivity contribution in [3.8, 4) is 17.1 Å². The van der Waals surface area contributed by atoms with Crippen LogP contribution in [-0.4, -0.2) is 24.1 Å². The highest BCUT2D eigenvalue weighted by Crippen LogP contribution is 2.28. The van der Waals surface area contributed by atoms with Crippen molar-refractivity contribution < 1.29 is 21.9 Å². The number of aromatic nitrogens is 2. The van der Waals surface area contributed by atoms with Crippen LogP contribution in [0.3, 0.4) is 0 Å². The van der Waals surface area contributed by atoms with Crippen LogP contribution in [0.1, 0.15) is 12.5 Å². The minimum atomic E-state index is -3.45. The van der Waals surface area contributed by atoms with Crippen molar-refractivity contribution in [1.82, 2.24) is 9.97 Å². The van der Waals surface area contributed by atoms with E-state index in [4.69, 9.17) is 22.1 Å². The van der Waals surface area contributed by atoms with E-state index in [-0.39, 0.29) is 23.0 Å². The molecule has 11 heteroatoms. The quantitative estimate of drug-likeness (QED) is 0.522. The number of hydrogen-bond acceptors (Lipinski definition) is 6. The fourth-order valence-corrected chi connectivity index (χ4v) is 3.30. The summed E-state index contributed by atoms with van der Waals surface area (Å²) in [5, 5.41) is -0.395. The van der Waals surface area contributed by atoms with Gasteiger partial charge in [0.25, 0.3) is 5.88 Å². The number of nitrogens with two attached hydrogens (primary N) is 1. The van der Waals surface area contributed by atoms with Crippen molar-refractivity contribution in [2.45, 2.75) is 13.5 Å². The number of nitrogens with zero attached hydrogens (tertiary/aromatic N) is 2. The fourth-order valence-electron chi connectivity index (χ4n) is 2.46. The molecule has 3 aromatic rings. The Bertz CT molecular complexity index is 1190. The monoisotopic (exact) mass is 454 g/mol. The van der Waals surface area contributed by atoms with Crippen LogP contribution >= 0.6 is 11.6 Å². The van der Waals surface area contributed by atoms with Gasteiger partial charge in [-0.1, -0.05) is 23.7 Å². The summed E-state index contributed by atoms with van der Waals surface area (Å²) in [6.45, 7) is 1.11. The Balaban J connectivity index is 1.87. The van der Waals surface area contributed by atoms with Crippen LogP contribution in [0.15, 0.2) is 42.6 Å². The van der Waals surface area contributed by atoms with Crippen LogP contribution in [0, 0.1) is 11.6 Å². The lowest BCUT2D eigenvalue weighted by Crippen LogP contribution is -2.14. The summed E-state index contributed by atoms with van der Waals surface area (Å²) < 4.78 is 58.9. The molecule has 1 heterocycles. The lowest BCUT2D eigenvalue weighted by Gasteiger charge is -2.12. The van der Waals surface area contributed by atoms with E-state index in [2.05, 4.69) is 14.7 Å². The van der Waals surface area contributed by atoms with E-state index in [1.165, 1.54) is 13.1 Å². The first-order chi connectivity index (χ1) is 14.2. The van der Waals surface area contributed by atoms with Gasteiger partial charge in [-0.05, 0) is 31.2 Å². The number of benzene rings is 2. The highest BCUT2D eigenvalue weighted by molar-refractivity contribution is 7.92. The van der Waals surface area contributed by atoms with Crippen LogP contribution in [0.4, 0.5) is 20.3 Å². The van der Waals surface area contributed by atoms with Gasteiger partial charge in [0.2, 0.25) is 10.0 Å². The molecule has 0 bridgehead atoms. The van der Waals surface area contributed by atoms with Crippen LogP contribution in [0.2, 0.25) is 5.02 Å². The summed E-state index contributed by atoms with van der Waals surface area (Å²) in [5.74, 6) is -1.76. The summed E-state index contributed by atoms with van der Waals surface area (Å²) in [4.78, 5) is 8.25. The van der Waals surface area contributed by atoms with Crippen LogP contribution < -0.4 is 15.2 Å². The average molecular weight is 455 g/mol. The first-order valence-electron chi connectivity index (χ1n) is 8.68. The molecule has 0 amide bonds. The summed E-state index contributed by atoms with van der Waals surface area (Å²) >= 11 is 5.80. The van der Waals surface area contributed by atoms with E-state index in [9.17, 15) is 17.2 Å². The fraction of sp³-hybridized carbons (Fsp3) is 0.158. The summed E-state index contributed by atoms with van der Waals surface area (Å²) in [6, 6.07) is 8.35. The Kier molecular flexibility index (Phi) is 6.37. The van der Waals surface area contributed by atoms with Crippen molar-refractivity contribution in [3.05, 3.63) is 64.8 Å². The lowest BCUT2D eigenvalue weighted by molar-refractivity contribution is 0.288. The Morgan fingerprint density at radius 1 is 1.20 bits per heavy atom. The Morgan fingerprint density at radius 3 is 2.67 bits per heavy atom. The third kappa shape index (κ3) is 4.95. The molecule has 0 fully saturated rings. The zero-order valence-corrected chi connectivity index (χ0v) is 17.3. The van der Waals surface area contributed by atoms with Gasteiger partial charge in [-0.25, -0.2) is 27.2 Å². The SMILES string of the molecule is CCS(=O)(=O)Nc1cccc(-c2cnc(N)c(OCc3c(F)ccc(F)c3Cl)n2)c1. The minimum absolute atomic E-state index is 0.0606. The molecular weight excluding hydrogens is 438 g/mol. The Labute approximate surface area is 176 Å². The van der Waals surface area contributed by atoms with Gasteiger partial charge in [0, 0.05) is 16.8 Å². The summed E-state index contributed by atoms with van der Waals surface area (Å²) in [5.41, 5.74) is 6.82. The normalized spacial score (nSPS) is 11.3. The predicted octanol–water partition coefficient (Wildman–Crippen LogP) is 4.00. The third-order valence-corrected chi connectivity index (χ3v) is 5.79. The van der Waals surface area contributed by atoms with Gasteiger partial charge >= 0.3 is 0 Å². The molecule has 0 aliphatic carbocycles. The molecule has 0 saturated heterocycles. The molecule has 2 aromatic carbocycles. The van der Waals surface area contributed by atoms with E-state index in [1.54, 1.807) is 24.3 Å². The number of nitrogens with one attached hydrogen (secondary N) is 1. The van der Waals surface area contributed by atoms with Crippen molar-refractivity contribution in [2.24, 2.45) is 0 Å². The van der Waals surface area contributed by atoms with Crippen LogP contribution in [0.25, 0.3) is 11.3 Å². The van der Waals surface area contributed by atoms with E-state index >= 15 is 0 Å². The van der Waals surface area contributed by atoms with Gasteiger partial charge in [0.1, 0.15) is 18.2 Å². The molecule has 7 nitrogen and oxygen atoms in total.